The molecule has 1 fully saturated rings. The smallest absolute Gasteiger partial charge is 0.272 e. The number of aromatic nitrogens is 2. The normalized spacial score (nSPS) is 21.2. The van der Waals surface area contributed by atoms with E-state index in [4.69, 9.17) is 4.74 Å². The number of rotatable bonds is 2. The minimum Gasteiger partial charge on any atom is -0.366 e. The molecule has 2 atom stereocenters. The van der Waals surface area contributed by atoms with Crippen LogP contribution in [0.3, 0.4) is 0 Å². The van der Waals surface area contributed by atoms with Gasteiger partial charge in [0.15, 0.2) is 0 Å². The minimum atomic E-state index is -0.383. The van der Waals surface area contributed by atoms with Gasteiger partial charge in [-0.25, -0.2) is 0 Å². The number of amides is 1. The summed E-state index contributed by atoms with van der Waals surface area (Å²) in [6.07, 6.45) is 2.23. The Hall–Kier alpha value is -2.47. The van der Waals surface area contributed by atoms with Gasteiger partial charge in [0.05, 0.1) is 25.0 Å². The summed E-state index contributed by atoms with van der Waals surface area (Å²) in [5.41, 5.74) is 0.739. The minimum absolute atomic E-state index is 0.112. The monoisotopic (exact) mass is 341 g/mol. The third kappa shape index (κ3) is 3.96. The van der Waals surface area contributed by atoms with Crippen molar-refractivity contribution in [3.05, 3.63) is 64.3 Å². The first kappa shape index (κ1) is 17.4. The summed E-state index contributed by atoms with van der Waals surface area (Å²) in [6.45, 7) is 7.20. The van der Waals surface area contributed by atoms with Crippen LogP contribution in [-0.2, 0) is 4.74 Å². The maximum atomic E-state index is 12.9. The predicted octanol–water partition coefficient (Wildman–Crippen LogP) is 2.40. The molecule has 1 aliphatic rings. The molecule has 1 N–H and O–H groups in total. The van der Waals surface area contributed by atoms with Crippen molar-refractivity contribution in [1.29, 1.82) is 0 Å². The van der Waals surface area contributed by atoms with Gasteiger partial charge in [0.2, 0.25) is 0 Å². The van der Waals surface area contributed by atoms with Gasteiger partial charge in [0.25, 0.3) is 11.5 Å². The Balaban J connectivity index is 1.90. The molecule has 6 nitrogen and oxygen atoms in total. The third-order valence-electron chi connectivity index (χ3n) is 4.41. The van der Waals surface area contributed by atoms with E-state index in [9.17, 15) is 9.59 Å². The molecule has 0 unspecified atom stereocenters. The van der Waals surface area contributed by atoms with E-state index >= 15 is 0 Å². The summed E-state index contributed by atoms with van der Waals surface area (Å²) < 4.78 is 6.30. The highest BCUT2D eigenvalue weighted by Gasteiger charge is 2.37. The molecule has 2 heterocycles. The zero-order chi connectivity index (χ0) is 18.0. The van der Waals surface area contributed by atoms with E-state index in [1.54, 1.807) is 4.90 Å². The molecule has 0 aliphatic carbocycles. The van der Waals surface area contributed by atoms with E-state index < -0.39 is 0 Å². The molecule has 132 valence electrons. The lowest BCUT2D eigenvalue weighted by Crippen LogP contribution is -2.51. The number of morpholine rings is 1. The molecule has 0 radical (unpaired) electrons. The first-order valence-corrected chi connectivity index (χ1v) is 8.38. The van der Waals surface area contributed by atoms with Gasteiger partial charge in [-0.05, 0) is 11.0 Å². The Morgan fingerprint density at radius 2 is 1.92 bits per heavy atom. The SMILES string of the molecule is CC(C)(C)[C@H]1CN(C(=O)c2cncc(=O)[nH]2)C[C@@H](c2ccccc2)O1. The quantitative estimate of drug-likeness (QED) is 0.910. The van der Waals surface area contributed by atoms with Crippen molar-refractivity contribution >= 4 is 5.91 Å². The number of nitrogens with zero attached hydrogens (tertiary/aromatic N) is 2. The van der Waals surface area contributed by atoms with Crippen LogP contribution in [0.4, 0.5) is 0 Å². The third-order valence-corrected chi connectivity index (χ3v) is 4.41. The van der Waals surface area contributed by atoms with Gasteiger partial charge >= 0.3 is 0 Å². The van der Waals surface area contributed by atoms with E-state index in [0.29, 0.717) is 13.1 Å². The number of benzene rings is 1. The molecular weight excluding hydrogens is 318 g/mol. The summed E-state index contributed by atoms with van der Waals surface area (Å²) in [4.78, 5) is 32.5. The van der Waals surface area contributed by atoms with Gasteiger partial charge < -0.3 is 14.6 Å². The Kier molecular flexibility index (Phi) is 4.72. The topological polar surface area (TPSA) is 75.3 Å². The van der Waals surface area contributed by atoms with Crippen LogP contribution in [0.15, 0.2) is 47.5 Å². The van der Waals surface area contributed by atoms with Crippen LogP contribution >= 0.6 is 0 Å². The summed E-state index contributed by atoms with van der Waals surface area (Å²) >= 11 is 0. The number of hydrogen-bond acceptors (Lipinski definition) is 4. The molecule has 1 saturated heterocycles. The summed E-state index contributed by atoms with van der Waals surface area (Å²) in [6, 6.07) is 9.89. The van der Waals surface area contributed by atoms with E-state index in [1.807, 2.05) is 30.3 Å². The highest BCUT2D eigenvalue weighted by atomic mass is 16.5. The fraction of sp³-hybridized carbons (Fsp3) is 0.421. The van der Waals surface area contributed by atoms with Crippen LogP contribution in [-0.4, -0.2) is 40.0 Å². The molecule has 0 spiro atoms. The number of aromatic amines is 1. The maximum absolute atomic E-state index is 12.9. The second-order valence-electron chi connectivity index (χ2n) is 7.41. The zero-order valence-corrected chi connectivity index (χ0v) is 14.7. The number of ether oxygens (including phenoxy) is 1. The highest BCUT2D eigenvalue weighted by molar-refractivity contribution is 5.92. The van der Waals surface area contributed by atoms with Crippen LogP contribution in [0, 0.1) is 5.41 Å². The summed E-state index contributed by atoms with van der Waals surface area (Å²) in [5, 5.41) is 0. The summed E-state index contributed by atoms with van der Waals surface area (Å²) in [5.74, 6) is -0.233. The van der Waals surface area contributed by atoms with Gasteiger partial charge in [0, 0.05) is 6.54 Å². The van der Waals surface area contributed by atoms with Crippen molar-refractivity contribution in [3.63, 3.8) is 0 Å². The number of nitrogens with one attached hydrogen (secondary N) is 1. The number of carbonyl (C=O) groups is 1. The molecule has 2 aromatic rings. The molecule has 1 aromatic carbocycles. The van der Waals surface area contributed by atoms with Crippen LogP contribution in [0.1, 0.15) is 42.9 Å². The first-order valence-electron chi connectivity index (χ1n) is 8.38. The largest absolute Gasteiger partial charge is 0.366 e. The fourth-order valence-electron chi connectivity index (χ4n) is 2.91. The van der Waals surface area contributed by atoms with Crippen LogP contribution in [0.5, 0.6) is 0 Å². The Bertz CT molecular complexity index is 795. The van der Waals surface area contributed by atoms with Crippen molar-refractivity contribution in [2.45, 2.75) is 33.0 Å². The molecule has 0 saturated carbocycles. The van der Waals surface area contributed by atoms with Crippen molar-refractivity contribution < 1.29 is 9.53 Å². The molecule has 1 amide bonds. The van der Waals surface area contributed by atoms with Crippen molar-refractivity contribution in [1.82, 2.24) is 14.9 Å². The second kappa shape index (κ2) is 6.80. The average molecular weight is 341 g/mol. The molecular formula is C19H23N3O3. The lowest BCUT2D eigenvalue weighted by Gasteiger charge is -2.43. The van der Waals surface area contributed by atoms with E-state index in [2.05, 4.69) is 30.7 Å². The fourth-order valence-corrected chi connectivity index (χ4v) is 2.91. The Morgan fingerprint density at radius 3 is 2.56 bits per heavy atom. The van der Waals surface area contributed by atoms with Crippen LogP contribution in [0.2, 0.25) is 0 Å². The van der Waals surface area contributed by atoms with Gasteiger partial charge in [-0.15, -0.1) is 0 Å². The van der Waals surface area contributed by atoms with E-state index in [1.165, 1.54) is 6.20 Å². The lowest BCUT2D eigenvalue weighted by atomic mass is 9.87. The second-order valence-corrected chi connectivity index (χ2v) is 7.41. The standard InChI is InChI=1S/C19H23N3O3/c1-19(2,3)16-12-22(18(24)14-9-20-10-17(23)21-14)11-15(25-16)13-7-5-4-6-8-13/h4-10,15-16H,11-12H2,1-3H3,(H,21,23)/t15-,16+/m0/s1. The van der Waals surface area contributed by atoms with Gasteiger partial charge in [-0.2, -0.15) is 0 Å². The highest BCUT2D eigenvalue weighted by Crippen LogP contribution is 2.33. The first-order chi connectivity index (χ1) is 11.8. The van der Waals surface area contributed by atoms with Crippen LogP contribution < -0.4 is 5.56 Å². The molecule has 1 aromatic heterocycles. The number of hydrogen-bond donors (Lipinski definition) is 1. The van der Waals surface area contributed by atoms with Gasteiger partial charge in [0.1, 0.15) is 11.8 Å². The maximum Gasteiger partial charge on any atom is 0.272 e. The molecule has 0 bridgehead atoms. The summed E-state index contributed by atoms with van der Waals surface area (Å²) in [7, 11) is 0. The predicted molar refractivity (Wildman–Crippen MR) is 94.3 cm³/mol. The average Bonchev–Trinajstić information content (AvgIpc) is 2.60. The van der Waals surface area contributed by atoms with Crippen molar-refractivity contribution in [2.24, 2.45) is 5.41 Å². The molecule has 1 aliphatic heterocycles. The number of carbonyl (C=O) groups excluding carboxylic acids is 1. The van der Waals surface area contributed by atoms with Gasteiger partial charge in [-0.3, -0.25) is 14.6 Å². The zero-order valence-electron chi connectivity index (χ0n) is 14.7. The van der Waals surface area contributed by atoms with Gasteiger partial charge in [-0.1, -0.05) is 51.1 Å². The molecule has 6 heteroatoms. The molecule has 25 heavy (non-hydrogen) atoms. The van der Waals surface area contributed by atoms with E-state index in [0.717, 1.165) is 11.8 Å². The van der Waals surface area contributed by atoms with E-state index in [-0.39, 0.29) is 34.8 Å². The van der Waals surface area contributed by atoms with Crippen molar-refractivity contribution in [2.75, 3.05) is 13.1 Å². The Labute approximate surface area is 146 Å². The number of H-pyrrole nitrogens is 1. The lowest BCUT2D eigenvalue weighted by molar-refractivity contribution is -0.119. The van der Waals surface area contributed by atoms with Crippen molar-refractivity contribution in [3.8, 4) is 0 Å². The van der Waals surface area contributed by atoms with Crippen LogP contribution in [0.25, 0.3) is 0 Å². The molecule has 3 rings (SSSR count). The Morgan fingerprint density at radius 1 is 1.20 bits per heavy atom.